The van der Waals surface area contributed by atoms with Crippen LogP contribution in [-0.2, 0) is 25.0 Å². The van der Waals surface area contributed by atoms with Gasteiger partial charge in [-0.15, -0.1) is 0 Å². The van der Waals surface area contributed by atoms with E-state index in [0.29, 0.717) is 21.3 Å². The van der Waals surface area contributed by atoms with E-state index in [1.807, 2.05) is 0 Å². The number of carbonyl (C=O) groups is 1. The van der Waals surface area contributed by atoms with E-state index in [0.717, 1.165) is 6.20 Å². The summed E-state index contributed by atoms with van der Waals surface area (Å²) in [6.07, 6.45) is 0.768. The Balaban J connectivity index is 1.79. The Kier molecular flexibility index (Phi) is 8.22. The molecule has 3 aromatic rings. The number of halogens is 1. The van der Waals surface area contributed by atoms with Gasteiger partial charge in [-0.25, -0.2) is 32.6 Å². The molecule has 1 unspecified atom stereocenters. The molecule has 0 saturated heterocycles. The molecule has 212 valence electrons. The zero-order valence-corrected chi connectivity index (χ0v) is 23.6. The molecule has 1 aromatic heterocycles. The van der Waals surface area contributed by atoms with E-state index in [1.54, 1.807) is 48.5 Å². The number of para-hydroxylation sites is 2. The lowest BCUT2D eigenvalue weighted by molar-refractivity contribution is -0.114. The fourth-order valence-corrected chi connectivity index (χ4v) is 7.33. The second kappa shape index (κ2) is 11.3. The Bertz CT molecular complexity index is 1680. The number of benzene rings is 2. The van der Waals surface area contributed by atoms with Crippen LogP contribution in [-0.4, -0.2) is 50.2 Å². The number of aliphatic imine (C=N–C) groups is 1. The van der Waals surface area contributed by atoms with E-state index in [9.17, 15) is 21.6 Å². The van der Waals surface area contributed by atoms with Crippen LogP contribution in [0.3, 0.4) is 0 Å². The number of thiazole rings is 1. The normalized spacial score (nSPS) is 17.6. The topological polar surface area (TPSA) is 188 Å². The average Bonchev–Trinajstić information content (AvgIpc) is 3.25. The van der Waals surface area contributed by atoms with Crippen LogP contribution in [0.5, 0.6) is 0 Å². The fourth-order valence-electron chi connectivity index (χ4n) is 3.80. The number of amides is 1. The molecule has 17 heteroatoms. The first kappa shape index (κ1) is 29.1. The molecule has 0 saturated carbocycles. The van der Waals surface area contributed by atoms with Gasteiger partial charge in [0.2, 0.25) is 11.9 Å². The Morgan fingerprint density at radius 1 is 1.05 bits per heavy atom. The number of nitrogens with one attached hydrogen (secondary N) is 4. The summed E-state index contributed by atoms with van der Waals surface area (Å²) in [6.45, 7) is 1.79. The molecule has 6 N–H and O–H groups in total. The smallest absolute Gasteiger partial charge is 0.303 e. The number of nitrogens with two attached hydrogens (primary N) is 1. The van der Waals surface area contributed by atoms with Crippen molar-refractivity contribution >= 4 is 59.9 Å². The average molecular weight is 609 g/mol. The quantitative estimate of drug-likeness (QED) is 0.245. The Morgan fingerprint density at radius 2 is 1.65 bits per heavy atom. The number of hydrogen-bond donors (Lipinski definition) is 5. The molecule has 1 aliphatic heterocycles. The van der Waals surface area contributed by atoms with Gasteiger partial charge in [0.05, 0.1) is 18.4 Å². The molecule has 0 spiro atoms. The third kappa shape index (κ3) is 6.28. The molecule has 1 atom stereocenters. The first-order valence-electron chi connectivity index (χ1n) is 11.5. The fraction of sp³-hybridized carbons (Fsp3) is 0.174. The molecule has 13 nitrogen and oxygen atoms in total. The summed E-state index contributed by atoms with van der Waals surface area (Å²) in [7, 11) is -9.21. The lowest BCUT2D eigenvalue weighted by atomic mass is 10.1. The number of carbonyl (C=O) groups excluding carboxylic acids is 1. The SMILES string of the molecule is CC(=O)Nc1nc(C)c(S(=O)(=O)NCC2(Nc3ccccc3)C(F)=CN=C(Nc3ccccc3)N2S(N)(=O)=O)s1. The van der Waals surface area contributed by atoms with Crippen molar-refractivity contribution in [2.75, 3.05) is 22.5 Å². The first-order valence-corrected chi connectivity index (χ1v) is 15.3. The van der Waals surface area contributed by atoms with Crippen molar-refractivity contribution in [2.24, 2.45) is 10.1 Å². The molecule has 1 aliphatic rings. The number of aryl methyl sites for hydroxylation is 1. The maximum atomic E-state index is 15.9. The number of guanidine groups is 1. The van der Waals surface area contributed by atoms with Crippen molar-refractivity contribution in [3.8, 4) is 0 Å². The lowest BCUT2D eigenvalue weighted by Crippen LogP contribution is -2.68. The zero-order valence-electron chi connectivity index (χ0n) is 21.1. The van der Waals surface area contributed by atoms with Gasteiger partial charge in [0.15, 0.2) is 20.8 Å². The number of rotatable bonds is 9. The van der Waals surface area contributed by atoms with Crippen molar-refractivity contribution in [2.45, 2.75) is 23.7 Å². The second-order valence-corrected chi connectivity index (χ2v) is 12.8. The van der Waals surface area contributed by atoms with E-state index < -0.39 is 44.2 Å². The van der Waals surface area contributed by atoms with E-state index >= 15 is 4.39 Å². The third-order valence-electron chi connectivity index (χ3n) is 5.44. The predicted octanol–water partition coefficient (Wildman–Crippen LogP) is 2.29. The van der Waals surface area contributed by atoms with E-state index in [1.165, 1.54) is 26.0 Å². The number of hydrogen-bond acceptors (Lipinski definition) is 10. The van der Waals surface area contributed by atoms with Gasteiger partial charge in [-0.2, -0.15) is 12.7 Å². The maximum absolute atomic E-state index is 15.9. The first-order chi connectivity index (χ1) is 18.8. The molecule has 0 radical (unpaired) electrons. The summed E-state index contributed by atoms with van der Waals surface area (Å²) >= 11 is 0.679. The summed E-state index contributed by atoms with van der Waals surface area (Å²) < 4.78 is 71.1. The van der Waals surface area contributed by atoms with Crippen LogP contribution in [0.2, 0.25) is 0 Å². The minimum Gasteiger partial charge on any atom is -0.355 e. The van der Waals surface area contributed by atoms with Crippen LogP contribution in [0, 0.1) is 6.92 Å². The van der Waals surface area contributed by atoms with Crippen molar-refractivity contribution in [1.29, 1.82) is 0 Å². The minimum atomic E-state index is -4.80. The molecule has 2 heterocycles. The number of nitrogens with zero attached hydrogens (tertiary/aromatic N) is 3. The third-order valence-corrected chi connectivity index (χ3v) is 9.52. The molecule has 1 amide bonds. The van der Waals surface area contributed by atoms with Crippen molar-refractivity contribution < 1.29 is 26.0 Å². The van der Waals surface area contributed by atoms with Crippen molar-refractivity contribution in [3.63, 3.8) is 0 Å². The highest BCUT2D eigenvalue weighted by molar-refractivity contribution is 7.91. The summed E-state index contributed by atoms with van der Waals surface area (Å²) in [5, 5.41) is 13.6. The van der Waals surface area contributed by atoms with Gasteiger partial charge in [-0.3, -0.25) is 4.79 Å². The molecular weight excluding hydrogens is 584 g/mol. The van der Waals surface area contributed by atoms with Crippen LogP contribution >= 0.6 is 11.3 Å². The molecule has 2 aromatic carbocycles. The number of sulfonamides is 1. The summed E-state index contributed by atoms with van der Waals surface area (Å²) in [5.74, 6) is -1.99. The van der Waals surface area contributed by atoms with Gasteiger partial charge in [0.25, 0.3) is 10.0 Å². The van der Waals surface area contributed by atoms with Crippen LogP contribution < -0.4 is 25.8 Å². The molecule has 0 fully saturated rings. The summed E-state index contributed by atoms with van der Waals surface area (Å²) in [4.78, 5) is 19.3. The molecule has 40 heavy (non-hydrogen) atoms. The van der Waals surface area contributed by atoms with E-state index in [4.69, 9.17) is 5.14 Å². The summed E-state index contributed by atoms with van der Waals surface area (Å²) in [5.41, 5.74) is -1.70. The predicted molar refractivity (Wildman–Crippen MR) is 151 cm³/mol. The van der Waals surface area contributed by atoms with Gasteiger partial charge >= 0.3 is 10.2 Å². The van der Waals surface area contributed by atoms with Gasteiger partial charge in [0, 0.05) is 18.3 Å². The second-order valence-electron chi connectivity index (χ2n) is 8.48. The van der Waals surface area contributed by atoms with Gasteiger partial charge in [-0.05, 0) is 31.2 Å². The van der Waals surface area contributed by atoms with E-state index in [-0.39, 0.29) is 26.7 Å². The monoisotopic (exact) mass is 608 g/mol. The van der Waals surface area contributed by atoms with Gasteiger partial charge < -0.3 is 16.0 Å². The molecule has 4 rings (SSSR count). The maximum Gasteiger partial charge on any atom is 0.303 e. The van der Waals surface area contributed by atoms with Crippen molar-refractivity contribution in [3.05, 3.63) is 78.4 Å². The highest BCUT2D eigenvalue weighted by Crippen LogP contribution is 2.34. The van der Waals surface area contributed by atoms with Gasteiger partial charge in [-0.1, -0.05) is 47.7 Å². The number of aromatic nitrogens is 1. The molecule has 0 bridgehead atoms. The highest BCUT2D eigenvalue weighted by Gasteiger charge is 2.51. The number of anilines is 3. The van der Waals surface area contributed by atoms with Crippen LogP contribution in [0.1, 0.15) is 12.6 Å². The Morgan fingerprint density at radius 3 is 2.23 bits per heavy atom. The summed E-state index contributed by atoms with van der Waals surface area (Å²) in [6, 6.07) is 16.3. The largest absolute Gasteiger partial charge is 0.355 e. The zero-order chi connectivity index (χ0) is 29.1. The van der Waals surface area contributed by atoms with Crippen LogP contribution in [0.4, 0.5) is 20.9 Å². The molecule has 0 aliphatic carbocycles. The Hall–Kier alpha value is -3.90. The molecular formula is C23H25FN8O5S3. The van der Waals surface area contributed by atoms with Gasteiger partial charge in [0.1, 0.15) is 0 Å². The highest BCUT2D eigenvalue weighted by atomic mass is 32.2. The lowest BCUT2D eigenvalue weighted by Gasteiger charge is -2.44. The van der Waals surface area contributed by atoms with Crippen molar-refractivity contribution in [1.82, 2.24) is 14.0 Å². The standard InChI is InChI=1S/C23H25FN8O5S3/c1-15-20(38-22(28-15)29-16(2)33)39(34,35)27-14-23(31-18-11-7-4-8-12-18)19(24)13-26-21(32(23)40(25,36)37)30-17-9-5-3-6-10-17/h3-13,27,31H,14H2,1-2H3,(H,26,30)(H2,25,36,37)(H,28,29,33). The van der Waals surface area contributed by atoms with E-state index in [2.05, 4.69) is 30.6 Å². The van der Waals surface area contributed by atoms with Crippen LogP contribution in [0.15, 0.2) is 81.9 Å². The Labute approximate surface area is 234 Å². The van der Waals surface area contributed by atoms with Crippen LogP contribution in [0.25, 0.3) is 0 Å². The minimum absolute atomic E-state index is 0.0406.